The maximum Gasteiger partial charge on any atom is 0.131 e. The highest BCUT2D eigenvalue weighted by atomic mass is 19.1. The third-order valence-electron chi connectivity index (χ3n) is 3.67. The molecule has 1 aliphatic heterocycles. The van der Waals surface area contributed by atoms with Gasteiger partial charge in [-0.05, 0) is 12.1 Å². The highest BCUT2D eigenvalue weighted by Crippen LogP contribution is 2.30. The van der Waals surface area contributed by atoms with E-state index in [4.69, 9.17) is 9.47 Å². The molecule has 100 valence electrons. The third kappa shape index (κ3) is 2.43. The standard InChI is InChI=1S/C16H17FO2/c1-11-10-18-9-8-15(11)19-16-7-6-14(17)12-4-2-3-5-13(12)16/h2-7,11,15H,8-10H2,1H3. The summed E-state index contributed by atoms with van der Waals surface area (Å²) in [7, 11) is 0. The Morgan fingerprint density at radius 3 is 2.74 bits per heavy atom. The van der Waals surface area contributed by atoms with Crippen molar-refractivity contribution < 1.29 is 13.9 Å². The summed E-state index contributed by atoms with van der Waals surface area (Å²) >= 11 is 0. The van der Waals surface area contributed by atoms with Crippen molar-refractivity contribution in [1.29, 1.82) is 0 Å². The van der Waals surface area contributed by atoms with Crippen LogP contribution in [0.4, 0.5) is 4.39 Å². The molecule has 0 radical (unpaired) electrons. The molecule has 2 aromatic rings. The van der Waals surface area contributed by atoms with Crippen LogP contribution in [0.3, 0.4) is 0 Å². The average molecular weight is 260 g/mol. The highest BCUT2D eigenvalue weighted by molar-refractivity contribution is 5.88. The maximum absolute atomic E-state index is 13.7. The van der Waals surface area contributed by atoms with Crippen LogP contribution in [0.2, 0.25) is 0 Å². The van der Waals surface area contributed by atoms with Crippen LogP contribution in [-0.4, -0.2) is 19.3 Å². The second-order valence-corrected chi connectivity index (χ2v) is 5.09. The zero-order valence-corrected chi connectivity index (χ0v) is 10.9. The fourth-order valence-electron chi connectivity index (χ4n) is 2.54. The number of hydrogen-bond donors (Lipinski definition) is 0. The van der Waals surface area contributed by atoms with Gasteiger partial charge in [-0.3, -0.25) is 0 Å². The van der Waals surface area contributed by atoms with Gasteiger partial charge in [-0.25, -0.2) is 4.39 Å². The van der Waals surface area contributed by atoms with E-state index in [1.165, 1.54) is 6.07 Å². The third-order valence-corrected chi connectivity index (χ3v) is 3.67. The fraction of sp³-hybridized carbons (Fsp3) is 0.375. The molecule has 0 aromatic heterocycles. The van der Waals surface area contributed by atoms with E-state index >= 15 is 0 Å². The first-order chi connectivity index (χ1) is 9.25. The Balaban J connectivity index is 1.94. The lowest BCUT2D eigenvalue weighted by Gasteiger charge is -2.29. The topological polar surface area (TPSA) is 18.5 Å². The summed E-state index contributed by atoms with van der Waals surface area (Å²) in [5, 5.41) is 1.45. The minimum absolute atomic E-state index is 0.141. The summed E-state index contributed by atoms with van der Waals surface area (Å²) < 4.78 is 25.3. The highest BCUT2D eigenvalue weighted by Gasteiger charge is 2.24. The molecule has 1 saturated heterocycles. The molecule has 0 bridgehead atoms. The molecule has 0 spiro atoms. The Hall–Kier alpha value is -1.61. The van der Waals surface area contributed by atoms with Crippen LogP contribution in [-0.2, 0) is 4.74 Å². The van der Waals surface area contributed by atoms with E-state index < -0.39 is 0 Å². The van der Waals surface area contributed by atoms with Crippen LogP contribution in [0.1, 0.15) is 13.3 Å². The maximum atomic E-state index is 13.7. The summed E-state index contributed by atoms with van der Waals surface area (Å²) in [5.74, 6) is 0.913. The molecule has 2 aromatic carbocycles. The molecule has 1 aliphatic rings. The Morgan fingerprint density at radius 2 is 1.95 bits per heavy atom. The van der Waals surface area contributed by atoms with Crippen molar-refractivity contribution in [3.63, 3.8) is 0 Å². The van der Waals surface area contributed by atoms with Crippen LogP contribution in [0, 0.1) is 11.7 Å². The number of benzene rings is 2. The fourth-order valence-corrected chi connectivity index (χ4v) is 2.54. The quantitative estimate of drug-likeness (QED) is 0.818. The van der Waals surface area contributed by atoms with Crippen molar-refractivity contribution in [3.05, 3.63) is 42.2 Å². The van der Waals surface area contributed by atoms with Gasteiger partial charge in [0.05, 0.1) is 13.2 Å². The predicted octanol–water partition coefficient (Wildman–Crippen LogP) is 3.78. The molecule has 2 nitrogen and oxygen atoms in total. The molecular formula is C16H17FO2. The van der Waals surface area contributed by atoms with Gasteiger partial charge < -0.3 is 9.47 Å². The number of rotatable bonds is 2. The molecule has 2 atom stereocenters. The first kappa shape index (κ1) is 12.4. The number of halogens is 1. The van der Waals surface area contributed by atoms with Crippen molar-refractivity contribution in [2.75, 3.05) is 13.2 Å². The second-order valence-electron chi connectivity index (χ2n) is 5.09. The molecular weight excluding hydrogens is 243 g/mol. The van der Waals surface area contributed by atoms with Crippen LogP contribution < -0.4 is 4.74 Å². The second kappa shape index (κ2) is 5.17. The van der Waals surface area contributed by atoms with Gasteiger partial charge in [0.25, 0.3) is 0 Å². The minimum Gasteiger partial charge on any atom is -0.489 e. The van der Waals surface area contributed by atoms with Gasteiger partial charge in [0.2, 0.25) is 0 Å². The van der Waals surface area contributed by atoms with Gasteiger partial charge in [0.15, 0.2) is 0 Å². The van der Waals surface area contributed by atoms with Crippen molar-refractivity contribution in [3.8, 4) is 5.75 Å². The minimum atomic E-state index is -0.206. The summed E-state index contributed by atoms with van der Waals surface area (Å²) in [4.78, 5) is 0. The van der Waals surface area contributed by atoms with Crippen molar-refractivity contribution in [1.82, 2.24) is 0 Å². The zero-order chi connectivity index (χ0) is 13.2. The molecule has 0 amide bonds. The smallest absolute Gasteiger partial charge is 0.131 e. The van der Waals surface area contributed by atoms with Gasteiger partial charge in [0, 0.05) is 23.1 Å². The van der Waals surface area contributed by atoms with Crippen LogP contribution in [0.5, 0.6) is 5.75 Å². The van der Waals surface area contributed by atoms with E-state index in [-0.39, 0.29) is 11.9 Å². The van der Waals surface area contributed by atoms with Crippen LogP contribution in [0.25, 0.3) is 10.8 Å². The van der Waals surface area contributed by atoms with Crippen molar-refractivity contribution in [2.45, 2.75) is 19.4 Å². The predicted molar refractivity (Wildman–Crippen MR) is 72.9 cm³/mol. The van der Waals surface area contributed by atoms with Crippen molar-refractivity contribution in [2.24, 2.45) is 5.92 Å². The Labute approximate surface area is 112 Å². The van der Waals surface area contributed by atoms with E-state index in [0.717, 1.165) is 30.8 Å². The summed E-state index contributed by atoms with van der Waals surface area (Å²) in [6.07, 6.45) is 1.02. The molecule has 1 heterocycles. The zero-order valence-electron chi connectivity index (χ0n) is 10.9. The summed E-state index contributed by atoms with van der Waals surface area (Å²) in [6.45, 7) is 3.58. The number of hydrogen-bond acceptors (Lipinski definition) is 2. The molecule has 19 heavy (non-hydrogen) atoms. The van der Waals surface area contributed by atoms with Crippen LogP contribution >= 0.6 is 0 Å². The molecule has 0 aliphatic carbocycles. The SMILES string of the molecule is CC1COCCC1Oc1ccc(F)c2ccccc12. The molecule has 3 rings (SSSR count). The lowest BCUT2D eigenvalue weighted by atomic mass is 10.0. The van der Waals surface area contributed by atoms with Crippen molar-refractivity contribution >= 4 is 10.8 Å². The van der Waals surface area contributed by atoms with E-state index in [2.05, 4.69) is 6.92 Å². The van der Waals surface area contributed by atoms with Gasteiger partial charge >= 0.3 is 0 Å². The lowest BCUT2D eigenvalue weighted by molar-refractivity contribution is -0.0158. The molecule has 1 fully saturated rings. The first-order valence-corrected chi connectivity index (χ1v) is 6.67. The monoisotopic (exact) mass is 260 g/mol. The van der Waals surface area contributed by atoms with Gasteiger partial charge in [-0.1, -0.05) is 31.2 Å². The van der Waals surface area contributed by atoms with E-state index in [1.54, 1.807) is 12.1 Å². The molecule has 2 unspecified atom stereocenters. The largest absolute Gasteiger partial charge is 0.489 e. The van der Waals surface area contributed by atoms with Gasteiger partial charge in [-0.2, -0.15) is 0 Å². The number of fused-ring (bicyclic) bond motifs is 1. The van der Waals surface area contributed by atoms with E-state index in [0.29, 0.717) is 11.3 Å². The first-order valence-electron chi connectivity index (χ1n) is 6.67. The molecule has 0 N–H and O–H groups in total. The summed E-state index contributed by atoms with van der Waals surface area (Å²) in [6, 6.07) is 10.6. The Kier molecular flexibility index (Phi) is 3.38. The van der Waals surface area contributed by atoms with Gasteiger partial charge in [-0.15, -0.1) is 0 Å². The number of ether oxygens (including phenoxy) is 2. The van der Waals surface area contributed by atoms with E-state index in [9.17, 15) is 4.39 Å². The van der Waals surface area contributed by atoms with E-state index in [1.807, 2.05) is 18.2 Å². The van der Waals surface area contributed by atoms with Crippen LogP contribution in [0.15, 0.2) is 36.4 Å². The Morgan fingerprint density at radius 1 is 1.16 bits per heavy atom. The molecule has 0 saturated carbocycles. The van der Waals surface area contributed by atoms with Gasteiger partial charge in [0.1, 0.15) is 17.7 Å². The molecule has 3 heteroatoms. The average Bonchev–Trinajstić information content (AvgIpc) is 2.44. The summed E-state index contributed by atoms with van der Waals surface area (Å²) in [5.41, 5.74) is 0. The Bertz CT molecular complexity index is 582. The normalized spacial score (nSPS) is 23.5. The lowest BCUT2D eigenvalue weighted by Crippen LogP contribution is -2.34.